The fourth-order valence-corrected chi connectivity index (χ4v) is 5.36. The highest BCUT2D eigenvalue weighted by Crippen LogP contribution is 2.49. The molecule has 0 spiro atoms. The summed E-state index contributed by atoms with van der Waals surface area (Å²) < 4.78 is 5.53. The van der Waals surface area contributed by atoms with Crippen LogP contribution >= 0.6 is 11.6 Å². The number of ether oxygens (including phenoxy) is 1. The minimum atomic E-state index is -0.121. The Labute approximate surface area is 202 Å². The maximum atomic E-state index is 12.9. The molecule has 34 heavy (non-hydrogen) atoms. The third-order valence-electron chi connectivity index (χ3n) is 6.95. The Bertz CT molecular complexity index is 1370. The number of hydrogen-bond acceptors (Lipinski definition) is 5. The van der Waals surface area contributed by atoms with Gasteiger partial charge in [-0.15, -0.1) is 0 Å². The molecule has 3 aliphatic rings. The molecule has 6 rings (SSSR count). The highest BCUT2D eigenvalue weighted by Gasteiger charge is 2.56. The van der Waals surface area contributed by atoms with Gasteiger partial charge in [-0.3, -0.25) is 9.78 Å². The van der Waals surface area contributed by atoms with E-state index in [4.69, 9.17) is 16.3 Å². The van der Waals surface area contributed by atoms with E-state index in [1.165, 1.54) is 6.42 Å². The molecule has 1 saturated heterocycles. The van der Waals surface area contributed by atoms with Crippen LogP contribution in [0.3, 0.4) is 0 Å². The lowest BCUT2D eigenvalue weighted by Crippen LogP contribution is -2.31. The number of para-hydroxylation sites is 1. The number of methoxy groups -OCH3 is 1. The molecule has 2 aromatic heterocycles. The first kappa shape index (κ1) is 21.1. The van der Waals surface area contributed by atoms with E-state index >= 15 is 0 Å². The number of aromatic nitrogens is 2. The molecule has 4 heterocycles. The molecule has 4 N–H and O–H groups in total. The van der Waals surface area contributed by atoms with Crippen LogP contribution in [0.5, 0.6) is 5.75 Å². The maximum Gasteiger partial charge on any atom is 0.255 e. The van der Waals surface area contributed by atoms with Gasteiger partial charge in [0.05, 0.1) is 45.9 Å². The number of piperidine rings is 1. The zero-order chi connectivity index (χ0) is 23.3. The standard InChI is InChI=1S/C26H24ClN5O2/c1-34-24-18(27)3-2-4-20(24)32-23-21-19(8-11-29-25(21)33)31-22(23)17-7-10-28-14-15(17)5-9-26-13-16(26)6-12-30-26/h2-4,7,10,14,16,30-32H,6,8,11-13H2,1H3,(H,29,33). The Morgan fingerprint density at radius 3 is 3.00 bits per heavy atom. The van der Waals surface area contributed by atoms with Crippen molar-refractivity contribution in [3.63, 3.8) is 0 Å². The van der Waals surface area contributed by atoms with Crippen molar-refractivity contribution in [3.8, 4) is 28.8 Å². The number of halogens is 1. The molecule has 1 aromatic carbocycles. The van der Waals surface area contributed by atoms with E-state index in [2.05, 4.69) is 37.8 Å². The van der Waals surface area contributed by atoms with Gasteiger partial charge in [0.2, 0.25) is 0 Å². The van der Waals surface area contributed by atoms with Crippen molar-refractivity contribution in [1.82, 2.24) is 20.6 Å². The van der Waals surface area contributed by atoms with Gasteiger partial charge in [0.15, 0.2) is 5.75 Å². The van der Waals surface area contributed by atoms with E-state index in [-0.39, 0.29) is 11.4 Å². The van der Waals surface area contributed by atoms with Crippen molar-refractivity contribution in [3.05, 3.63) is 58.5 Å². The number of pyridine rings is 1. The van der Waals surface area contributed by atoms with Gasteiger partial charge >= 0.3 is 0 Å². The molecular weight excluding hydrogens is 450 g/mol. The normalized spacial score (nSPS) is 22.2. The molecule has 3 aromatic rings. The number of fused-ring (bicyclic) bond motifs is 2. The van der Waals surface area contributed by atoms with Crippen LogP contribution in [0.25, 0.3) is 11.3 Å². The highest BCUT2D eigenvalue weighted by atomic mass is 35.5. The third kappa shape index (κ3) is 3.42. The van der Waals surface area contributed by atoms with E-state index in [1.807, 2.05) is 18.2 Å². The zero-order valence-electron chi connectivity index (χ0n) is 18.7. The van der Waals surface area contributed by atoms with E-state index < -0.39 is 0 Å². The van der Waals surface area contributed by atoms with E-state index in [9.17, 15) is 4.79 Å². The van der Waals surface area contributed by atoms with Crippen molar-refractivity contribution < 1.29 is 9.53 Å². The molecule has 0 radical (unpaired) electrons. The van der Waals surface area contributed by atoms with Crippen molar-refractivity contribution in [1.29, 1.82) is 0 Å². The smallest absolute Gasteiger partial charge is 0.255 e. The van der Waals surface area contributed by atoms with Gasteiger partial charge in [0.1, 0.15) is 0 Å². The Hall–Kier alpha value is -3.47. The summed E-state index contributed by atoms with van der Waals surface area (Å²) in [5, 5.41) is 10.4. The molecule has 2 atom stereocenters. The number of nitrogens with zero attached hydrogens (tertiary/aromatic N) is 1. The molecular formula is C26H24ClN5O2. The largest absolute Gasteiger partial charge is 0.493 e. The number of aromatic amines is 1. The Kier molecular flexibility index (Phi) is 5.01. The monoisotopic (exact) mass is 473 g/mol. The molecule has 2 unspecified atom stereocenters. The second-order valence-electron chi connectivity index (χ2n) is 8.94. The summed E-state index contributed by atoms with van der Waals surface area (Å²) in [5.41, 5.74) is 5.28. The Morgan fingerprint density at radius 1 is 1.29 bits per heavy atom. The first-order chi connectivity index (χ1) is 16.6. The van der Waals surface area contributed by atoms with Gasteiger partial charge in [0.25, 0.3) is 5.91 Å². The number of carbonyl (C=O) groups is 1. The van der Waals surface area contributed by atoms with Gasteiger partial charge in [-0.05, 0) is 43.5 Å². The molecule has 7 nitrogen and oxygen atoms in total. The number of hydrogen-bond donors (Lipinski definition) is 4. The van der Waals surface area contributed by atoms with Crippen LogP contribution in [0, 0.1) is 17.8 Å². The van der Waals surface area contributed by atoms with Crippen LogP contribution in [-0.4, -0.2) is 41.6 Å². The number of carbonyl (C=O) groups excluding carboxylic acids is 1. The molecule has 2 fully saturated rings. The van der Waals surface area contributed by atoms with E-state index in [1.54, 1.807) is 25.6 Å². The highest BCUT2D eigenvalue weighted by molar-refractivity contribution is 6.32. The van der Waals surface area contributed by atoms with E-state index in [0.29, 0.717) is 46.6 Å². The zero-order valence-corrected chi connectivity index (χ0v) is 19.5. The number of H-pyrrole nitrogens is 1. The Balaban J connectivity index is 1.48. The molecule has 0 bridgehead atoms. The van der Waals surface area contributed by atoms with Crippen LogP contribution < -0.4 is 20.7 Å². The van der Waals surface area contributed by atoms with Crippen LogP contribution in [0.4, 0.5) is 11.4 Å². The SMILES string of the molecule is COc1c(Cl)cccc1Nc1c(-c2ccncc2C#CC23CC2CCN3)[nH]c2c1C(=O)NCC2. The van der Waals surface area contributed by atoms with Crippen LogP contribution in [0.1, 0.15) is 34.5 Å². The first-order valence-electron chi connectivity index (χ1n) is 11.4. The van der Waals surface area contributed by atoms with Crippen LogP contribution in [-0.2, 0) is 6.42 Å². The summed E-state index contributed by atoms with van der Waals surface area (Å²) in [4.78, 5) is 20.7. The fraction of sp³-hybridized carbons (Fsp3) is 0.308. The minimum absolute atomic E-state index is 0.0444. The summed E-state index contributed by atoms with van der Waals surface area (Å²) in [6, 6.07) is 7.42. The number of benzene rings is 1. The van der Waals surface area contributed by atoms with Crippen LogP contribution in [0.15, 0.2) is 36.7 Å². The van der Waals surface area contributed by atoms with Crippen LogP contribution in [0.2, 0.25) is 5.02 Å². The summed E-state index contributed by atoms with van der Waals surface area (Å²) in [7, 11) is 1.57. The lowest BCUT2D eigenvalue weighted by molar-refractivity contribution is 0.0947. The topological polar surface area (TPSA) is 91.1 Å². The van der Waals surface area contributed by atoms with Crippen molar-refractivity contribution in [2.45, 2.75) is 24.8 Å². The van der Waals surface area contributed by atoms with Crippen molar-refractivity contribution in [2.75, 3.05) is 25.5 Å². The molecule has 2 aliphatic heterocycles. The van der Waals surface area contributed by atoms with Gasteiger partial charge in [-0.25, -0.2) is 0 Å². The van der Waals surface area contributed by atoms with Gasteiger partial charge in [0, 0.05) is 36.6 Å². The summed E-state index contributed by atoms with van der Waals surface area (Å²) in [5.74, 6) is 7.89. The molecule has 1 amide bonds. The van der Waals surface area contributed by atoms with Crippen molar-refractivity contribution >= 4 is 28.9 Å². The average molecular weight is 474 g/mol. The summed E-state index contributed by atoms with van der Waals surface area (Å²) in [6.45, 7) is 1.61. The minimum Gasteiger partial charge on any atom is -0.493 e. The third-order valence-corrected chi connectivity index (χ3v) is 7.24. The number of nitrogens with one attached hydrogen (secondary N) is 4. The second kappa shape index (κ2) is 8.08. The fourth-order valence-electron chi connectivity index (χ4n) is 5.11. The average Bonchev–Trinajstić information content (AvgIpc) is 3.18. The number of anilines is 2. The first-order valence-corrected chi connectivity index (χ1v) is 11.8. The second-order valence-corrected chi connectivity index (χ2v) is 9.35. The predicted octanol–water partition coefficient (Wildman–Crippen LogP) is 3.87. The van der Waals surface area contributed by atoms with Gasteiger partial charge < -0.3 is 25.7 Å². The summed E-state index contributed by atoms with van der Waals surface area (Å²) in [6.07, 6.45) is 6.53. The lowest BCUT2D eigenvalue weighted by atomic mass is 10.0. The van der Waals surface area contributed by atoms with Gasteiger partial charge in [-0.2, -0.15) is 0 Å². The quantitative estimate of drug-likeness (QED) is 0.432. The van der Waals surface area contributed by atoms with Gasteiger partial charge in [-0.1, -0.05) is 29.5 Å². The van der Waals surface area contributed by atoms with Crippen molar-refractivity contribution in [2.24, 2.45) is 5.92 Å². The molecule has 172 valence electrons. The Morgan fingerprint density at radius 2 is 2.21 bits per heavy atom. The number of amides is 1. The molecule has 8 heteroatoms. The number of rotatable bonds is 4. The molecule has 1 aliphatic carbocycles. The lowest BCUT2D eigenvalue weighted by Gasteiger charge is -2.17. The predicted molar refractivity (Wildman–Crippen MR) is 132 cm³/mol. The maximum absolute atomic E-state index is 12.9. The summed E-state index contributed by atoms with van der Waals surface area (Å²) >= 11 is 6.36. The molecule has 1 saturated carbocycles. The van der Waals surface area contributed by atoms with E-state index in [0.717, 1.165) is 35.5 Å².